The maximum atomic E-state index is 13.2. The molecule has 27 heavy (non-hydrogen) atoms. The molecule has 1 spiro atoms. The van der Waals surface area contributed by atoms with Gasteiger partial charge in [-0.25, -0.2) is 13.4 Å². The molecule has 1 aliphatic heterocycles. The highest BCUT2D eigenvalue weighted by molar-refractivity contribution is 7.91. The number of sulfone groups is 1. The molecule has 3 aliphatic rings. The molecule has 1 atom stereocenters. The molecule has 7 heteroatoms. The van der Waals surface area contributed by atoms with Crippen molar-refractivity contribution in [2.75, 3.05) is 11.5 Å². The van der Waals surface area contributed by atoms with E-state index in [0.29, 0.717) is 31.3 Å². The van der Waals surface area contributed by atoms with Crippen LogP contribution in [0.1, 0.15) is 51.5 Å². The number of amides is 1. The summed E-state index contributed by atoms with van der Waals surface area (Å²) in [6, 6.07) is 4.18. The average Bonchev–Trinajstić information content (AvgIpc) is 3.51. The third kappa shape index (κ3) is 4.13. The van der Waals surface area contributed by atoms with E-state index in [4.69, 9.17) is 4.74 Å². The van der Waals surface area contributed by atoms with Gasteiger partial charge in [0, 0.05) is 30.8 Å². The van der Waals surface area contributed by atoms with E-state index in [0.717, 1.165) is 24.8 Å². The maximum Gasteiger partial charge on any atom is 0.226 e. The summed E-state index contributed by atoms with van der Waals surface area (Å²) in [4.78, 5) is 19.5. The van der Waals surface area contributed by atoms with Crippen LogP contribution in [0.25, 0.3) is 0 Å². The van der Waals surface area contributed by atoms with Gasteiger partial charge in [0.15, 0.2) is 0 Å². The Morgan fingerprint density at radius 1 is 1.33 bits per heavy atom. The zero-order chi connectivity index (χ0) is 19.2. The molecule has 4 rings (SSSR count). The smallest absolute Gasteiger partial charge is 0.226 e. The van der Waals surface area contributed by atoms with E-state index < -0.39 is 9.84 Å². The molecule has 0 bridgehead atoms. The molecule has 0 N–H and O–H groups in total. The van der Waals surface area contributed by atoms with Crippen LogP contribution in [0.5, 0.6) is 5.88 Å². The van der Waals surface area contributed by atoms with Gasteiger partial charge in [0.25, 0.3) is 0 Å². The van der Waals surface area contributed by atoms with Crippen molar-refractivity contribution < 1.29 is 17.9 Å². The standard InChI is InChI=1S/C20H28N2O4S/c1-14(2)26-18-11-15(5-8-21-18)13-22(16-3-4-16)19(23)17-12-20(17)6-9-27(24,25)10-7-20/h5,8,11,14,16-17H,3-4,6-7,9-10,12-13H2,1-2H3. The highest BCUT2D eigenvalue weighted by Gasteiger charge is 2.60. The lowest BCUT2D eigenvalue weighted by Gasteiger charge is -2.27. The molecule has 1 unspecified atom stereocenters. The van der Waals surface area contributed by atoms with Gasteiger partial charge in [0.2, 0.25) is 11.8 Å². The average molecular weight is 393 g/mol. The van der Waals surface area contributed by atoms with E-state index >= 15 is 0 Å². The fraction of sp³-hybridized carbons (Fsp3) is 0.700. The third-order valence-corrected chi connectivity index (χ3v) is 7.74. The Morgan fingerprint density at radius 3 is 2.67 bits per heavy atom. The first-order valence-electron chi connectivity index (χ1n) is 9.90. The molecule has 3 fully saturated rings. The van der Waals surface area contributed by atoms with Crippen molar-refractivity contribution >= 4 is 15.7 Å². The topological polar surface area (TPSA) is 76.6 Å². The van der Waals surface area contributed by atoms with Crippen molar-refractivity contribution in [2.45, 2.75) is 64.6 Å². The molecule has 6 nitrogen and oxygen atoms in total. The van der Waals surface area contributed by atoms with Crippen LogP contribution in [0.15, 0.2) is 18.3 Å². The zero-order valence-electron chi connectivity index (χ0n) is 16.1. The number of carbonyl (C=O) groups is 1. The van der Waals surface area contributed by atoms with E-state index in [1.807, 2.05) is 30.9 Å². The lowest BCUT2D eigenvalue weighted by Crippen LogP contribution is -2.36. The van der Waals surface area contributed by atoms with Gasteiger partial charge in [0.05, 0.1) is 17.6 Å². The van der Waals surface area contributed by atoms with Crippen LogP contribution >= 0.6 is 0 Å². The van der Waals surface area contributed by atoms with Gasteiger partial charge >= 0.3 is 0 Å². The summed E-state index contributed by atoms with van der Waals surface area (Å²) < 4.78 is 29.1. The number of aromatic nitrogens is 1. The normalized spacial score (nSPS) is 25.4. The third-order valence-electron chi connectivity index (χ3n) is 6.09. The predicted octanol–water partition coefficient (Wildman–Crippen LogP) is 2.57. The van der Waals surface area contributed by atoms with Crippen LogP contribution in [0.3, 0.4) is 0 Å². The lowest BCUT2D eigenvalue weighted by atomic mass is 9.95. The van der Waals surface area contributed by atoms with Crippen LogP contribution in [-0.2, 0) is 21.2 Å². The Hall–Kier alpha value is -1.63. The number of pyridine rings is 1. The number of rotatable bonds is 6. The maximum absolute atomic E-state index is 13.2. The van der Waals surface area contributed by atoms with Gasteiger partial charge in [0.1, 0.15) is 9.84 Å². The van der Waals surface area contributed by atoms with Crippen LogP contribution in [0.2, 0.25) is 0 Å². The molecule has 2 heterocycles. The monoisotopic (exact) mass is 392 g/mol. The Morgan fingerprint density at radius 2 is 2.04 bits per heavy atom. The van der Waals surface area contributed by atoms with Crippen LogP contribution in [-0.4, -0.2) is 47.9 Å². The number of hydrogen-bond donors (Lipinski definition) is 0. The Labute approximate surface area is 161 Å². The number of ether oxygens (including phenoxy) is 1. The van der Waals surface area contributed by atoms with Gasteiger partial charge < -0.3 is 9.64 Å². The van der Waals surface area contributed by atoms with Crippen molar-refractivity contribution in [3.63, 3.8) is 0 Å². The van der Waals surface area contributed by atoms with E-state index in [2.05, 4.69) is 4.98 Å². The Kier molecular flexibility index (Phi) is 4.69. The van der Waals surface area contributed by atoms with Crippen LogP contribution in [0.4, 0.5) is 0 Å². The number of hydrogen-bond acceptors (Lipinski definition) is 5. The highest BCUT2D eigenvalue weighted by atomic mass is 32.2. The summed E-state index contributed by atoms with van der Waals surface area (Å²) in [7, 11) is -2.90. The molecular formula is C20H28N2O4S. The van der Waals surface area contributed by atoms with E-state index in [1.165, 1.54) is 0 Å². The van der Waals surface area contributed by atoms with E-state index in [1.54, 1.807) is 6.20 Å². The van der Waals surface area contributed by atoms with Gasteiger partial charge in [-0.05, 0) is 63.0 Å². The van der Waals surface area contributed by atoms with E-state index in [-0.39, 0.29) is 34.8 Å². The summed E-state index contributed by atoms with van der Waals surface area (Å²) in [5.74, 6) is 1.27. The van der Waals surface area contributed by atoms with Gasteiger partial charge in [-0.15, -0.1) is 0 Å². The molecule has 1 saturated heterocycles. The molecule has 2 aliphatic carbocycles. The fourth-order valence-electron chi connectivity index (χ4n) is 4.22. The molecule has 2 saturated carbocycles. The minimum Gasteiger partial charge on any atom is -0.475 e. The zero-order valence-corrected chi connectivity index (χ0v) is 16.9. The molecule has 1 aromatic heterocycles. The summed E-state index contributed by atoms with van der Waals surface area (Å²) >= 11 is 0. The van der Waals surface area contributed by atoms with E-state index in [9.17, 15) is 13.2 Å². The SMILES string of the molecule is CC(C)Oc1cc(CN(C(=O)C2CC23CCS(=O)(=O)CC3)C2CC2)ccn1. The van der Waals surface area contributed by atoms with Gasteiger partial charge in [-0.2, -0.15) is 0 Å². The molecule has 148 valence electrons. The van der Waals surface area contributed by atoms with Crippen molar-refractivity contribution in [3.8, 4) is 5.88 Å². The fourth-order valence-corrected chi connectivity index (χ4v) is 5.86. The van der Waals surface area contributed by atoms with Crippen molar-refractivity contribution in [3.05, 3.63) is 23.9 Å². The number of nitrogens with zero attached hydrogens (tertiary/aromatic N) is 2. The lowest BCUT2D eigenvalue weighted by molar-refractivity contribution is -0.134. The molecule has 0 radical (unpaired) electrons. The summed E-state index contributed by atoms with van der Waals surface area (Å²) in [6.45, 7) is 4.50. The Bertz CT molecular complexity index is 818. The first-order valence-corrected chi connectivity index (χ1v) is 11.7. The first kappa shape index (κ1) is 18.7. The minimum absolute atomic E-state index is 0.00169. The van der Waals surface area contributed by atoms with Crippen molar-refractivity contribution in [1.82, 2.24) is 9.88 Å². The first-order chi connectivity index (χ1) is 12.8. The van der Waals surface area contributed by atoms with Crippen molar-refractivity contribution in [2.24, 2.45) is 11.3 Å². The Balaban J connectivity index is 1.44. The largest absolute Gasteiger partial charge is 0.475 e. The number of carbonyl (C=O) groups excluding carboxylic acids is 1. The highest BCUT2D eigenvalue weighted by Crippen LogP contribution is 2.60. The van der Waals surface area contributed by atoms with Crippen molar-refractivity contribution in [1.29, 1.82) is 0 Å². The van der Waals surface area contributed by atoms with Gasteiger partial charge in [-0.1, -0.05) is 0 Å². The van der Waals surface area contributed by atoms with Crippen LogP contribution in [0, 0.1) is 11.3 Å². The predicted molar refractivity (Wildman–Crippen MR) is 102 cm³/mol. The molecular weight excluding hydrogens is 364 g/mol. The quantitative estimate of drug-likeness (QED) is 0.744. The summed E-state index contributed by atoms with van der Waals surface area (Å²) in [5, 5.41) is 0. The summed E-state index contributed by atoms with van der Waals surface area (Å²) in [6.07, 6.45) is 6.04. The molecule has 0 aromatic carbocycles. The summed E-state index contributed by atoms with van der Waals surface area (Å²) in [5.41, 5.74) is 0.974. The van der Waals surface area contributed by atoms with Crippen LogP contribution < -0.4 is 4.74 Å². The molecule has 1 aromatic rings. The second-order valence-electron chi connectivity index (χ2n) is 8.64. The second-order valence-corrected chi connectivity index (χ2v) is 10.9. The van der Waals surface area contributed by atoms with Gasteiger partial charge in [-0.3, -0.25) is 4.79 Å². The molecule has 1 amide bonds. The second kappa shape index (κ2) is 6.76. The minimum atomic E-state index is -2.90.